The summed E-state index contributed by atoms with van der Waals surface area (Å²) in [5, 5.41) is 0. The third-order valence-electron chi connectivity index (χ3n) is 3.93. The largest absolute Gasteiger partial charge is 0.399 e. The van der Waals surface area contributed by atoms with E-state index < -0.39 is 0 Å². The van der Waals surface area contributed by atoms with Gasteiger partial charge in [-0.1, -0.05) is 18.2 Å². The molecular formula is C18H21NS. The minimum atomic E-state index is 0.848. The quantitative estimate of drug-likeness (QED) is 0.497. The smallest absolute Gasteiger partial charge is 0.0314 e. The molecule has 0 fully saturated rings. The molecular weight excluding hydrogens is 262 g/mol. The first-order valence-electron chi connectivity index (χ1n) is 7.40. The Morgan fingerprint density at radius 1 is 0.950 bits per heavy atom. The predicted octanol–water partition coefficient (Wildman–Crippen LogP) is 4.48. The number of benzene rings is 2. The average Bonchev–Trinajstić information content (AvgIpc) is 2.93. The molecule has 0 saturated heterocycles. The molecule has 0 saturated carbocycles. The second-order valence-corrected chi connectivity index (χ2v) is 6.65. The lowest BCUT2D eigenvalue weighted by Gasteiger charge is -2.05. The van der Waals surface area contributed by atoms with Gasteiger partial charge in [0.15, 0.2) is 0 Å². The van der Waals surface area contributed by atoms with Crippen LogP contribution in [0.25, 0.3) is 0 Å². The molecule has 1 aliphatic carbocycles. The van der Waals surface area contributed by atoms with Crippen molar-refractivity contribution < 1.29 is 0 Å². The zero-order valence-corrected chi connectivity index (χ0v) is 12.6. The van der Waals surface area contributed by atoms with Crippen molar-refractivity contribution in [3.05, 3.63) is 59.2 Å². The monoisotopic (exact) mass is 283 g/mol. The molecule has 2 aromatic rings. The number of fused-ring (bicyclic) bond motifs is 1. The van der Waals surface area contributed by atoms with Crippen LogP contribution in [0.4, 0.5) is 5.69 Å². The lowest BCUT2D eigenvalue weighted by molar-refractivity contribution is 0.911. The Bertz CT molecular complexity index is 574. The maximum Gasteiger partial charge on any atom is 0.0314 e. The van der Waals surface area contributed by atoms with Crippen LogP contribution in [0.1, 0.15) is 29.5 Å². The van der Waals surface area contributed by atoms with Crippen molar-refractivity contribution in [3.8, 4) is 0 Å². The van der Waals surface area contributed by atoms with Crippen LogP contribution in [0.5, 0.6) is 0 Å². The fraction of sp³-hybridized carbons (Fsp3) is 0.333. The van der Waals surface area contributed by atoms with Gasteiger partial charge in [-0.15, -0.1) is 11.8 Å². The Kier molecular flexibility index (Phi) is 4.31. The summed E-state index contributed by atoms with van der Waals surface area (Å²) < 4.78 is 0. The summed E-state index contributed by atoms with van der Waals surface area (Å²) in [6, 6.07) is 15.3. The molecule has 0 bridgehead atoms. The van der Waals surface area contributed by atoms with Gasteiger partial charge in [0.25, 0.3) is 0 Å². The van der Waals surface area contributed by atoms with Gasteiger partial charge < -0.3 is 5.73 Å². The minimum absolute atomic E-state index is 0.848. The highest BCUT2D eigenvalue weighted by molar-refractivity contribution is 7.99. The third kappa shape index (κ3) is 3.37. The Morgan fingerprint density at radius 2 is 1.75 bits per heavy atom. The summed E-state index contributed by atoms with van der Waals surface area (Å²) in [5.41, 5.74) is 11.1. The van der Waals surface area contributed by atoms with Crippen molar-refractivity contribution in [2.45, 2.75) is 37.0 Å². The van der Waals surface area contributed by atoms with Gasteiger partial charge in [0.2, 0.25) is 0 Å². The topological polar surface area (TPSA) is 26.0 Å². The number of rotatable bonds is 5. The molecule has 0 aromatic heterocycles. The van der Waals surface area contributed by atoms with Gasteiger partial charge in [0.05, 0.1) is 0 Å². The van der Waals surface area contributed by atoms with Crippen molar-refractivity contribution in [2.24, 2.45) is 0 Å². The Morgan fingerprint density at radius 3 is 2.60 bits per heavy atom. The Labute approximate surface area is 125 Å². The molecule has 0 heterocycles. The lowest BCUT2D eigenvalue weighted by atomic mass is 10.1. The second kappa shape index (κ2) is 6.36. The minimum Gasteiger partial charge on any atom is -0.399 e. The van der Waals surface area contributed by atoms with Crippen molar-refractivity contribution in [2.75, 3.05) is 11.5 Å². The van der Waals surface area contributed by atoms with Gasteiger partial charge in [-0.05, 0) is 78.8 Å². The predicted molar refractivity (Wildman–Crippen MR) is 88.4 cm³/mol. The normalized spacial score (nSPS) is 13.4. The third-order valence-corrected chi connectivity index (χ3v) is 5.01. The van der Waals surface area contributed by atoms with Gasteiger partial charge >= 0.3 is 0 Å². The van der Waals surface area contributed by atoms with E-state index in [4.69, 9.17) is 5.73 Å². The standard InChI is InChI=1S/C18H21NS/c19-17-9-6-14(7-10-17)3-2-12-20-18-11-8-15-4-1-5-16(15)13-18/h6-11,13H,1-5,12,19H2. The highest BCUT2D eigenvalue weighted by Gasteiger charge is 2.10. The summed E-state index contributed by atoms with van der Waals surface area (Å²) in [7, 11) is 0. The fourth-order valence-electron chi connectivity index (χ4n) is 2.79. The van der Waals surface area contributed by atoms with E-state index in [9.17, 15) is 0 Å². The first-order valence-corrected chi connectivity index (χ1v) is 8.39. The molecule has 2 N–H and O–H groups in total. The molecule has 0 atom stereocenters. The van der Waals surface area contributed by atoms with Crippen LogP contribution in [0.15, 0.2) is 47.4 Å². The maximum absolute atomic E-state index is 5.70. The summed E-state index contributed by atoms with van der Waals surface area (Å²) in [5.74, 6) is 1.18. The molecule has 0 aliphatic heterocycles. The molecule has 1 nitrogen and oxygen atoms in total. The van der Waals surface area contributed by atoms with E-state index >= 15 is 0 Å². The second-order valence-electron chi connectivity index (χ2n) is 5.48. The zero-order chi connectivity index (χ0) is 13.8. The number of hydrogen-bond donors (Lipinski definition) is 1. The van der Waals surface area contributed by atoms with E-state index in [-0.39, 0.29) is 0 Å². The average molecular weight is 283 g/mol. The highest BCUT2D eigenvalue weighted by Crippen LogP contribution is 2.28. The summed E-state index contributed by atoms with van der Waals surface area (Å²) >= 11 is 1.98. The van der Waals surface area contributed by atoms with Crippen LogP contribution < -0.4 is 5.73 Å². The number of thioether (sulfide) groups is 1. The van der Waals surface area contributed by atoms with E-state index in [1.807, 2.05) is 23.9 Å². The first kappa shape index (κ1) is 13.6. The molecule has 1 aliphatic rings. The van der Waals surface area contributed by atoms with E-state index in [0.29, 0.717) is 0 Å². The summed E-state index contributed by atoms with van der Waals surface area (Å²) in [4.78, 5) is 1.43. The molecule has 0 radical (unpaired) electrons. The van der Waals surface area contributed by atoms with Crippen LogP contribution in [0, 0.1) is 0 Å². The highest BCUT2D eigenvalue weighted by atomic mass is 32.2. The molecule has 0 spiro atoms. The number of hydrogen-bond acceptors (Lipinski definition) is 2. The molecule has 0 unspecified atom stereocenters. The molecule has 3 rings (SSSR count). The maximum atomic E-state index is 5.70. The van der Waals surface area contributed by atoms with E-state index in [0.717, 1.165) is 12.1 Å². The van der Waals surface area contributed by atoms with Crippen molar-refractivity contribution in [1.29, 1.82) is 0 Å². The van der Waals surface area contributed by atoms with E-state index in [1.54, 1.807) is 11.1 Å². The Balaban J connectivity index is 1.47. The van der Waals surface area contributed by atoms with Gasteiger partial charge in [0.1, 0.15) is 0 Å². The summed E-state index contributed by atoms with van der Waals surface area (Å²) in [6.07, 6.45) is 6.23. The Hall–Kier alpha value is -1.41. The molecule has 104 valence electrons. The van der Waals surface area contributed by atoms with Gasteiger partial charge in [-0.2, -0.15) is 0 Å². The molecule has 0 amide bonds. The fourth-order valence-corrected chi connectivity index (χ4v) is 3.70. The van der Waals surface area contributed by atoms with Crippen LogP contribution >= 0.6 is 11.8 Å². The van der Waals surface area contributed by atoms with Crippen LogP contribution in [-0.2, 0) is 19.3 Å². The van der Waals surface area contributed by atoms with Crippen molar-refractivity contribution >= 4 is 17.4 Å². The zero-order valence-electron chi connectivity index (χ0n) is 11.8. The molecule has 2 aromatic carbocycles. The van der Waals surface area contributed by atoms with Crippen LogP contribution in [0.2, 0.25) is 0 Å². The van der Waals surface area contributed by atoms with Crippen molar-refractivity contribution in [1.82, 2.24) is 0 Å². The van der Waals surface area contributed by atoms with E-state index in [2.05, 4.69) is 30.3 Å². The molecule has 2 heteroatoms. The number of anilines is 1. The number of nitrogens with two attached hydrogens (primary N) is 1. The SMILES string of the molecule is Nc1ccc(CCCSc2ccc3c(c2)CCC3)cc1. The van der Waals surface area contributed by atoms with Crippen LogP contribution in [0.3, 0.4) is 0 Å². The summed E-state index contributed by atoms with van der Waals surface area (Å²) in [6.45, 7) is 0. The van der Waals surface area contributed by atoms with Crippen molar-refractivity contribution in [3.63, 3.8) is 0 Å². The van der Waals surface area contributed by atoms with E-state index in [1.165, 1.54) is 41.9 Å². The first-order chi connectivity index (χ1) is 9.81. The van der Waals surface area contributed by atoms with Gasteiger partial charge in [-0.3, -0.25) is 0 Å². The van der Waals surface area contributed by atoms with Gasteiger partial charge in [0, 0.05) is 10.6 Å². The van der Waals surface area contributed by atoms with Crippen LogP contribution in [-0.4, -0.2) is 5.75 Å². The van der Waals surface area contributed by atoms with Gasteiger partial charge in [-0.25, -0.2) is 0 Å². The lowest BCUT2D eigenvalue weighted by Crippen LogP contribution is -1.90. The number of nitrogen functional groups attached to an aromatic ring is 1. The number of aryl methyl sites for hydroxylation is 3. The molecule has 20 heavy (non-hydrogen) atoms.